The molecule has 0 heterocycles. The maximum atomic E-state index is 12.9. The normalized spacial score (nSPS) is 11.1. The van der Waals surface area contributed by atoms with Gasteiger partial charge in [0, 0.05) is 10.9 Å². The van der Waals surface area contributed by atoms with Crippen LogP contribution < -0.4 is 5.32 Å². The summed E-state index contributed by atoms with van der Waals surface area (Å²) in [6.45, 7) is 0.0602. The van der Waals surface area contributed by atoms with E-state index < -0.39 is 23.6 Å². The lowest BCUT2D eigenvalue weighted by atomic mass is 10.1. The second kappa shape index (κ2) is 8.84. The summed E-state index contributed by atoms with van der Waals surface area (Å²) in [5, 5.41) is 2.18. The van der Waals surface area contributed by atoms with Crippen LogP contribution in [0.25, 0.3) is 0 Å². The number of halogens is 4. The van der Waals surface area contributed by atoms with Crippen LogP contribution in [-0.2, 0) is 27.1 Å². The summed E-state index contributed by atoms with van der Waals surface area (Å²) in [6.07, 6.45) is -5.07. The van der Waals surface area contributed by atoms with Gasteiger partial charge in [-0.2, -0.15) is 13.2 Å². The molecule has 0 saturated carbocycles. The van der Waals surface area contributed by atoms with Gasteiger partial charge < -0.3 is 10.1 Å². The van der Waals surface area contributed by atoms with E-state index in [1.54, 1.807) is 24.3 Å². The average Bonchev–Trinajstić information content (AvgIpc) is 2.59. The smallest absolute Gasteiger partial charge is 0.418 e. The summed E-state index contributed by atoms with van der Waals surface area (Å²) in [5.41, 5.74) is -0.496. The number of alkyl halides is 3. The Balaban J connectivity index is 1.82. The fourth-order valence-electron chi connectivity index (χ4n) is 2.08. The Morgan fingerprint density at radius 2 is 1.65 bits per heavy atom. The first-order valence-corrected chi connectivity index (χ1v) is 8.41. The molecular formula is C18H15BrF3NO3. The first-order valence-electron chi connectivity index (χ1n) is 7.62. The quantitative estimate of drug-likeness (QED) is 0.662. The number of para-hydroxylation sites is 1. The number of carbonyl (C=O) groups is 2. The van der Waals surface area contributed by atoms with Gasteiger partial charge in [0.1, 0.15) is 6.61 Å². The van der Waals surface area contributed by atoms with Crippen LogP contribution in [0.2, 0.25) is 0 Å². The van der Waals surface area contributed by atoms with Gasteiger partial charge in [-0.25, -0.2) is 0 Å². The molecule has 138 valence electrons. The Labute approximate surface area is 156 Å². The van der Waals surface area contributed by atoms with Crippen molar-refractivity contribution in [1.29, 1.82) is 0 Å². The molecule has 2 aromatic carbocycles. The molecule has 0 aliphatic carbocycles. The Morgan fingerprint density at radius 1 is 1.00 bits per heavy atom. The van der Waals surface area contributed by atoms with Gasteiger partial charge in [0.15, 0.2) is 0 Å². The third kappa shape index (κ3) is 6.18. The number of anilines is 1. The molecule has 0 aromatic heterocycles. The van der Waals surface area contributed by atoms with Gasteiger partial charge in [-0.1, -0.05) is 40.2 Å². The number of esters is 1. The zero-order valence-corrected chi connectivity index (χ0v) is 15.1. The summed E-state index contributed by atoms with van der Waals surface area (Å²) in [7, 11) is 0. The van der Waals surface area contributed by atoms with E-state index in [1.165, 1.54) is 12.1 Å². The largest absolute Gasteiger partial charge is 0.461 e. The molecule has 0 aliphatic heterocycles. The Hall–Kier alpha value is -2.35. The molecule has 0 bridgehead atoms. The molecule has 0 radical (unpaired) electrons. The van der Waals surface area contributed by atoms with Crippen LogP contribution in [-0.4, -0.2) is 11.9 Å². The summed E-state index contributed by atoms with van der Waals surface area (Å²) >= 11 is 3.29. The van der Waals surface area contributed by atoms with Crippen LogP contribution in [0.15, 0.2) is 53.0 Å². The Bertz CT molecular complexity index is 776. The monoisotopic (exact) mass is 429 g/mol. The van der Waals surface area contributed by atoms with Crippen LogP contribution in [0.4, 0.5) is 18.9 Å². The maximum absolute atomic E-state index is 12.9. The standard InChI is InChI=1S/C18H15BrF3NO3/c19-13-7-5-12(6-8-13)11-26-17(25)10-9-16(24)23-15-4-2-1-3-14(15)18(20,21)22/h1-8H,9-11H2,(H,23,24). The highest BCUT2D eigenvalue weighted by Gasteiger charge is 2.33. The molecule has 0 spiro atoms. The van der Waals surface area contributed by atoms with Crippen molar-refractivity contribution in [3.05, 3.63) is 64.1 Å². The molecule has 4 nitrogen and oxygen atoms in total. The first kappa shape index (κ1) is 20.0. The number of benzene rings is 2. The first-order chi connectivity index (χ1) is 12.3. The highest BCUT2D eigenvalue weighted by atomic mass is 79.9. The van der Waals surface area contributed by atoms with Crippen molar-refractivity contribution in [2.24, 2.45) is 0 Å². The molecule has 0 atom stereocenters. The van der Waals surface area contributed by atoms with Crippen molar-refractivity contribution in [2.75, 3.05) is 5.32 Å². The third-order valence-corrected chi connectivity index (χ3v) is 3.90. The number of amides is 1. The fraction of sp³-hybridized carbons (Fsp3) is 0.222. The molecular weight excluding hydrogens is 415 g/mol. The van der Waals surface area contributed by atoms with Gasteiger partial charge in [-0.15, -0.1) is 0 Å². The predicted octanol–water partition coefficient (Wildman–Crippen LogP) is 4.93. The van der Waals surface area contributed by atoms with E-state index in [-0.39, 0.29) is 25.1 Å². The van der Waals surface area contributed by atoms with Crippen molar-refractivity contribution in [2.45, 2.75) is 25.6 Å². The highest BCUT2D eigenvalue weighted by molar-refractivity contribution is 9.10. The lowest BCUT2D eigenvalue weighted by Crippen LogP contribution is -2.17. The number of nitrogens with one attached hydrogen (secondary N) is 1. The van der Waals surface area contributed by atoms with Crippen molar-refractivity contribution >= 4 is 33.5 Å². The zero-order chi connectivity index (χ0) is 19.2. The van der Waals surface area contributed by atoms with E-state index in [0.29, 0.717) is 0 Å². The fourth-order valence-corrected chi connectivity index (χ4v) is 2.35. The molecule has 1 N–H and O–H groups in total. The molecule has 0 aliphatic rings. The number of rotatable bonds is 6. The molecule has 2 rings (SSSR count). The number of carbonyl (C=O) groups excluding carboxylic acids is 2. The van der Waals surface area contributed by atoms with E-state index in [2.05, 4.69) is 21.2 Å². The van der Waals surface area contributed by atoms with Gasteiger partial charge in [0.25, 0.3) is 0 Å². The minimum atomic E-state index is -4.58. The number of hydrogen-bond donors (Lipinski definition) is 1. The van der Waals surface area contributed by atoms with Crippen molar-refractivity contribution in [3.8, 4) is 0 Å². The Kier molecular flexibility index (Phi) is 6.79. The minimum absolute atomic E-state index is 0.0602. The van der Waals surface area contributed by atoms with Gasteiger partial charge in [0.05, 0.1) is 17.7 Å². The topological polar surface area (TPSA) is 55.4 Å². The second-order valence-electron chi connectivity index (χ2n) is 5.38. The van der Waals surface area contributed by atoms with Crippen LogP contribution >= 0.6 is 15.9 Å². The molecule has 0 fully saturated rings. The van der Waals surface area contributed by atoms with E-state index in [1.807, 2.05) is 0 Å². The van der Waals surface area contributed by atoms with Crippen LogP contribution in [0.5, 0.6) is 0 Å². The van der Waals surface area contributed by atoms with Crippen molar-refractivity contribution in [3.63, 3.8) is 0 Å². The molecule has 1 amide bonds. The SMILES string of the molecule is O=C(CCC(=O)OCc1ccc(Br)cc1)Nc1ccccc1C(F)(F)F. The average molecular weight is 430 g/mol. The van der Waals surface area contributed by atoms with E-state index in [9.17, 15) is 22.8 Å². The van der Waals surface area contributed by atoms with Gasteiger partial charge in [0.2, 0.25) is 5.91 Å². The van der Waals surface area contributed by atoms with Gasteiger partial charge in [-0.05, 0) is 29.8 Å². The van der Waals surface area contributed by atoms with Gasteiger partial charge in [-0.3, -0.25) is 9.59 Å². The van der Waals surface area contributed by atoms with Crippen LogP contribution in [0.3, 0.4) is 0 Å². The van der Waals surface area contributed by atoms with Crippen molar-refractivity contribution in [1.82, 2.24) is 0 Å². The van der Waals surface area contributed by atoms with E-state index in [4.69, 9.17) is 4.74 Å². The lowest BCUT2D eigenvalue weighted by molar-refractivity contribution is -0.146. The maximum Gasteiger partial charge on any atom is 0.418 e. The minimum Gasteiger partial charge on any atom is -0.461 e. The molecule has 0 saturated heterocycles. The Morgan fingerprint density at radius 3 is 2.31 bits per heavy atom. The molecule has 8 heteroatoms. The summed E-state index contributed by atoms with van der Waals surface area (Å²) in [4.78, 5) is 23.5. The van der Waals surface area contributed by atoms with E-state index in [0.717, 1.165) is 22.2 Å². The predicted molar refractivity (Wildman–Crippen MR) is 93.2 cm³/mol. The van der Waals surface area contributed by atoms with Crippen LogP contribution in [0, 0.1) is 0 Å². The molecule has 2 aromatic rings. The zero-order valence-electron chi connectivity index (χ0n) is 13.5. The second-order valence-corrected chi connectivity index (χ2v) is 6.29. The van der Waals surface area contributed by atoms with Gasteiger partial charge >= 0.3 is 12.1 Å². The molecule has 26 heavy (non-hydrogen) atoms. The molecule has 0 unspecified atom stereocenters. The number of hydrogen-bond acceptors (Lipinski definition) is 3. The summed E-state index contributed by atoms with van der Waals surface area (Å²) in [6, 6.07) is 11.8. The van der Waals surface area contributed by atoms with Crippen LogP contribution in [0.1, 0.15) is 24.0 Å². The highest BCUT2D eigenvalue weighted by Crippen LogP contribution is 2.34. The summed E-state index contributed by atoms with van der Waals surface area (Å²) in [5.74, 6) is -1.30. The summed E-state index contributed by atoms with van der Waals surface area (Å²) < 4.78 is 44.5. The van der Waals surface area contributed by atoms with E-state index >= 15 is 0 Å². The number of ether oxygens (including phenoxy) is 1. The lowest BCUT2D eigenvalue weighted by Gasteiger charge is -2.13. The van der Waals surface area contributed by atoms with Crippen molar-refractivity contribution < 1.29 is 27.5 Å². The third-order valence-electron chi connectivity index (χ3n) is 3.38.